The van der Waals surface area contributed by atoms with Crippen LogP contribution in [-0.4, -0.2) is 29.6 Å². The van der Waals surface area contributed by atoms with Gasteiger partial charge in [0.2, 0.25) is 0 Å². The molecule has 2 N–H and O–H groups in total. The van der Waals surface area contributed by atoms with Crippen LogP contribution in [0.4, 0.5) is 0 Å². The van der Waals surface area contributed by atoms with Crippen LogP contribution in [0.15, 0.2) is 0 Å². The quantitative estimate of drug-likeness (QED) is 0.826. The monoisotopic (exact) mass is 270 g/mol. The van der Waals surface area contributed by atoms with Gasteiger partial charge in [0, 0.05) is 11.6 Å². The first-order valence-electron chi connectivity index (χ1n) is 8.21. The van der Waals surface area contributed by atoms with Crippen molar-refractivity contribution in [1.82, 2.24) is 4.90 Å². The van der Waals surface area contributed by atoms with Crippen LogP contribution in [0.3, 0.4) is 0 Å². The minimum atomic E-state index is 0.181. The van der Waals surface area contributed by atoms with E-state index in [-0.39, 0.29) is 17.0 Å². The molecule has 2 nitrogen and oxygen atoms in total. The minimum Gasteiger partial charge on any atom is -0.327 e. The Hall–Kier alpha value is -0.0800. The molecule has 1 heterocycles. The second-order valence-electron chi connectivity index (χ2n) is 7.03. The lowest BCUT2D eigenvalue weighted by Crippen LogP contribution is -2.57. The highest BCUT2D eigenvalue weighted by atomic mass is 15.2. The van der Waals surface area contributed by atoms with Gasteiger partial charge in [-0.1, -0.05) is 41.0 Å². The van der Waals surface area contributed by atoms with E-state index < -0.39 is 0 Å². The molecule has 0 spiro atoms. The van der Waals surface area contributed by atoms with E-state index in [1.165, 1.54) is 32.4 Å². The van der Waals surface area contributed by atoms with Crippen molar-refractivity contribution in [2.45, 2.75) is 86.2 Å². The van der Waals surface area contributed by atoms with Gasteiger partial charge in [0.05, 0.1) is 0 Å². The smallest absolute Gasteiger partial charge is 0.0184 e. The van der Waals surface area contributed by atoms with Crippen LogP contribution in [0, 0.1) is 11.3 Å². The zero-order chi connectivity index (χ0) is 15.3. The SMILES string of the molecule is CC.CC(N)C(C)(C)C(C)C(C)(C)N1CCCCC1. The summed E-state index contributed by atoms with van der Waals surface area (Å²) in [5, 5.41) is 0. The van der Waals surface area contributed by atoms with Crippen molar-refractivity contribution in [3.05, 3.63) is 0 Å². The predicted octanol–water partition coefficient (Wildman–Crippen LogP) is 4.29. The molecule has 1 fully saturated rings. The lowest BCUT2D eigenvalue weighted by molar-refractivity contribution is -0.00750. The summed E-state index contributed by atoms with van der Waals surface area (Å²) in [6.07, 6.45) is 4.11. The largest absolute Gasteiger partial charge is 0.327 e. The van der Waals surface area contributed by atoms with Crippen molar-refractivity contribution < 1.29 is 0 Å². The van der Waals surface area contributed by atoms with Crippen LogP contribution in [0.1, 0.15) is 74.7 Å². The lowest BCUT2D eigenvalue weighted by Gasteiger charge is -2.51. The van der Waals surface area contributed by atoms with Gasteiger partial charge in [0.15, 0.2) is 0 Å². The van der Waals surface area contributed by atoms with Gasteiger partial charge in [-0.15, -0.1) is 0 Å². The molecule has 0 aromatic rings. The molecule has 116 valence electrons. The topological polar surface area (TPSA) is 29.3 Å². The first-order valence-corrected chi connectivity index (χ1v) is 8.21. The summed E-state index contributed by atoms with van der Waals surface area (Å²) in [7, 11) is 0. The summed E-state index contributed by atoms with van der Waals surface area (Å²) >= 11 is 0. The van der Waals surface area contributed by atoms with Gasteiger partial charge in [-0.25, -0.2) is 0 Å². The second kappa shape index (κ2) is 7.64. The van der Waals surface area contributed by atoms with Crippen molar-refractivity contribution >= 4 is 0 Å². The fourth-order valence-corrected chi connectivity index (χ4v) is 3.05. The molecule has 2 atom stereocenters. The number of nitrogens with zero attached hydrogens (tertiary/aromatic N) is 1. The third-order valence-electron chi connectivity index (χ3n) is 5.52. The fourth-order valence-electron chi connectivity index (χ4n) is 3.05. The van der Waals surface area contributed by atoms with Crippen molar-refractivity contribution in [3.8, 4) is 0 Å². The molecule has 0 bridgehead atoms. The van der Waals surface area contributed by atoms with Crippen molar-refractivity contribution in [2.75, 3.05) is 13.1 Å². The van der Waals surface area contributed by atoms with Gasteiger partial charge < -0.3 is 5.73 Å². The van der Waals surface area contributed by atoms with Gasteiger partial charge in [0.25, 0.3) is 0 Å². The first kappa shape index (κ1) is 18.9. The zero-order valence-electron chi connectivity index (χ0n) is 14.7. The van der Waals surface area contributed by atoms with E-state index >= 15 is 0 Å². The molecular formula is C17H38N2. The number of likely N-dealkylation sites (tertiary alicyclic amines) is 1. The molecule has 2 heteroatoms. The van der Waals surface area contributed by atoms with Gasteiger partial charge in [0.1, 0.15) is 0 Å². The Kier molecular flexibility index (Phi) is 7.60. The Morgan fingerprint density at radius 2 is 1.32 bits per heavy atom. The summed E-state index contributed by atoms with van der Waals surface area (Å²) in [4.78, 5) is 2.67. The Balaban J connectivity index is 0.00000154. The highest BCUT2D eigenvalue weighted by Gasteiger charge is 2.42. The third kappa shape index (κ3) is 4.46. The van der Waals surface area contributed by atoms with Crippen LogP contribution in [0.5, 0.6) is 0 Å². The predicted molar refractivity (Wildman–Crippen MR) is 87.4 cm³/mol. The maximum atomic E-state index is 6.18. The Bertz CT molecular complexity index is 238. The highest BCUT2D eigenvalue weighted by Crippen LogP contribution is 2.40. The molecule has 1 saturated heterocycles. The van der Waals surface area contributed by atoms with Gasteiger partial charge >= 0.3 is 0 Å². The summed E-state index contributed by atoms with van der Waals surface area (Å²) in [5.74, 6) is 0.591. The normalized spacial score (nSPS) is 21.3. The maximum absolute atomic E-state index is 6.18. The van der Waals surface area contributed by atoms with E-state index in [4.69, 9.17) is 5.73 Å². The van der Waals surface area contributed by atoms with E-state index in [1.54, 1.807) is 0 Å². The van der Waals surface area contributed by atoms with Gasteiger partial charge in [-0.3, -0.25) is 4.90 Å². The van der Waals surface area contributed by atoms with E-state index in [1.807, 2.05) is 13.8 Å². The molecule has 0 saturated carbocycles. The molecule has 19 heavy (non-hydrogen) atoms. The summed E-state index contributed by atoms with van der Waals surface area (Å²) in [5.41, 5.74) is 6.61. The Morgan fingerprint density at radius 1 is 0.895 bits per heavy atom. The number of hydrogen-bond acceptors (Lipinski definition) is 2. The molecular weight excluding hydrogens is 232 g/mol. The standard InChI is InChI=1S/C15H32N2.C2H6/c1-12(14(3,4)13(2)16)15(5,6)17-10-8-7-9-11-17;1-2/h12-13H,7-11,16H2,1-6H3;1-2H3. The van der Waals surface area contributed by atoms with E-state index in [9.17, 15) is 0 Å². The van der Waals surface area contributed by atoms with Crippen LogP contribution in [-0.2, 0) is 0 Å². The molecule has 0 aromatic heterocycles. The summed E-state index contributed by atoms with van der Waals surface area (Å²) in [6.45, 7) is 20.4. The average molecular weight is 271 g/mol. The Labute approximate surface area is 122 Å². The van der Waals surface area contributed by atoms with Crippen LogP contribution in [0.25, 0.3) is 0 Å². The first-order chi connectivity index (χ1) is 8.70. The molecule has 1 aliphatic heterocycles. The van der Waals surface area contributed by atoms with Gasteiger partial charge in [-0.2, -0.15) is 0 Å². The van der Waals surface area contributed by atoms with Crippen molar-refractivity contribution in [1.29, 1.82) is 0 Å². The molecule has 1 aliphatic rings. The molecule has 0 amide bonds. The number of nitrogens with two attached hydrogens (primary N) is 1. The zero-order valence-corrected chi connectivity index (χ0v) is 14.7. The maximum Gasteiger partial charge on any atom is 0.0184 e. The van der Waals surface area contributed by atoms with Crippen molar-refractivity contribution in [3.63, 3.8) is 0 Å². The highest BCUT2D eigenvalue weighted by molar-refractivity contribution is 4.97. The van der Waals surface area contributed by atoms with Crippen molar-refractivity contribution in [2.24, 2.45) is 17.1 Å². The Morgan fingerprint density at radius 3 is 1.68 bits per heavy atom. The minimum absolute atomic E-state index is 0.181. The van der Waals surface area contributed by atoms with E-state index in [0.717, 1.165) is 0 Å². The van der Waals surface area contributed by atoms with Crippen LogP contribution < -0.4 is 5.73 Å². The molecule has 0 aliphatic carbocycles. The second-order valence-corrected chi connectivity index (χ2v) is 7.03. The van der Waals surface area contributed by atoms with E-state index in [2.05, 4.69) is 46.4 Å². The molecule has 2 unspecified atom stereocenters. The molecule has 1 rings (SSSR count). The summed E-state index contributed by atoms with van der Waals surface area (Å²) < 4.78 is 0. The number of rotatable bonds is 4. The molecule has 0 radical (unpaired) electrons. The third-order valence-corrected chi connectivity index (χ3v) is 5.52. The average Bonchev–Trinajstić information content (AvgIpc) is 2.40. The van der Waals surface area contributed by atoms with E-state index in [0.29, 0.717) is 5.92 Å². The molecule has 0 aromatic carbocycles. The number of piperidine rings is 1. The summed E-state index contributed by atoms with van der Waals surface area (Å²) in [6, 6.07) is 0.238. The number of hydrogen-bond donors (Lipinski definition) is 1. The lowest BCUT2D eigenvalue weighted by atomic mass is 9.66. The van der Waals surface area contributed by atoms with Crippen LogP contribution in [0.2, 0.25) is 0 Å². The van der Waals surface area contributed by atoms with Gasteiger partial charge in [-0.05, 0) is 58.0 Å². The van der Waals surface area contributed by atoms with Crippen LogP contribution >= 0.6 is 0 Å². The fraction of sp³-hybridized carbons (Fsp3) is 1.00.